The van der Waals surface area contributed by atoms with Crippen LogP contribution < -0.4 is 10.2 Å². The first-order chi connectivity index (χ1) is 14.4. The van der Waals surface area contributed by atoms with Gasteiger partial charge >= 0.3 is 5.97 Å². The highest BCUT2D eigenvalue weighted by molar-refractivity contribution is 6.01. The molecule has 1 heterocycles. The van der Waals surface area contributed by atoms with E-state index in [1.54, 1.807) is 29.2 Å². The molecule has 1 fully saturated rings. The van der Waals surface area contributed by atoms with Gasteiger partial charge in [0, 0.05) is 29.9 Å². The molecular weight excluding hydrogens is 384 g/mol. The quantitative estimate of drug-likeness (QED) is 0.562. The summed E-state index contributed by atoms with van der Waals surface area (Å²) >= 11 is 0. The lowest BCUT2D eigenvalue weighted by atomic mass is 10.1. The molecule has 2 aromatic carbocycles. The number of ether oxygens (including phenoxy) is 1. The average Bonchev–Trinajstić information content (AvgIpc) is 3.13. The van der Waals surface area contributed by atoms with E-state index >= 15 is 0 Å². The molecule has 156 valence electrons. The van der Waals surface area contributed by atoms with Gasteiger partial charge in [-0.05, 0) is 37.1 Å². The van der Waals surface area contributed by atoms with Crippen molar-refractivity contribution in [3.05, 3.63) is 59.7 Å². The van der Waals surface area contributed by atoms with Gasteiger partial charge in [-0.2, -0.15) is 0 Å². The Kier molecular flexibility index (Phi) is 6.61. The number of benzene rings is 2. The number of hydrogen-bond acceptors (Lipinski definition) is 5. The Morgan fingerprint density at radius 2 is 1.90 bits per heavy atom. The monoisotopic (exact) mass is 408 g/mol. The number of ketones is 1. The molecule has 1 N–H and O–H groups in total. The fourth-order valence-electron chi connectivity index (χ4n) is 3.44. The molecule has 1 aliphatic rings. The minimum atomic E-state index is -0.615. The summed E-state index contributed by atoms with van der Waals surface area (Å²) in [6.45, 7) is 3.22. The highest BCUT2D eigenvalue weighted by atomic mass is 16.5. The molecule has 0 aromatic heterocycles. The summed E-state index contributed by atoms with van der Waals surface area (Å²) in [6.07, 6.45) is 0.833. The fraction of sp³-hybridized carbons (Fsp3) is 0.304. The van der Waals surface area contributed by atoms with Crippen LogP contribution in [0.4, 0.5) is 11.4 Å². The summed E-state index contributed by atoms with van der Waals surface area (Å²) in [6, 6.07) is 14.1. The number of para-hydroxylation sites is 1. The lowest BCUT2D eigenvalue weighted by molar-refractivity contribution is -0.151. The van der Waals surface area contributed by atoms with Crippen LogP contribution in [0.25, 0.3) is 0 Å². The van der Waals surface area contributed by atoms with Crippen LogP contribution in [0.5, 0.6) is 0 Å². The van der Waals surface area contributed by atoms with Gasteiger partial charge < -0.3 is 15.0 Å². The van der Waals surface area contributed by atoms with Crippen molar-refractivity contribution in [3.8, 4) is 0 Å². The lowest BCUT2D eigenvalue weighted by Crippen LogP contribution is -2.28. The van der Waals surface area contributed by atoms with Crippen LogP contribution in [-0.4, -0.2) is 36.7 Å². The number of Topliss-reactive ketones (excluding diaryl/α,β-unsaturated/α-hetero) is 1. The Hall–Kier alpha value is -3.48. The molecule has 30 heavy (non-hydrogen) atoms. The summed E-state index contributed by atoms with van der Waals surface area (Å²) in [7, 11) is 0. The molecule has 1 atom stereocenters. The summed E-state index contributed by atoms with van der Waals surface area (Å²) in [5, 5.41) is 2.60. The number of nitrogens with zero attached hydrogens (tertiary/aromatic N) is 1. The van der Waals surface area contributed by atoms with Gasteiger partial charge in [-0.3, -0.25) is 19.2 Å². The van der Waals surface area contributed by atoms with Crippen LogP contribution in [0.1, 0.15) is 36.2 Å². The first-order valence-electron chi connectivity index (χ1n) is 9.84. The fourth-order valence-corrected chi connectivity index (χ4v) is 3.44. The van der Waals surface area contributed by atoms with Crippen molar-refractivity contribution in [3.63, 3.8) is 0 Å². The van der Waals surface area contributed by atoms with Crippen LogP contribution >= 0.6 is 0 Å². The van der Waals surface area contributed by atoms with E-state index < -0.39 is 24.4 Å². The maximum absolute atomic E-state index is 12.4. The van der Waals surface area contributed by atoms with Gasteiger partial charge in [0.25, 0.3) is 5.91 Å². The molecule has 1 aliphatic heterocycles. The standard InChI is InChI=1S/C23H24N2O5/c1-3-16-7-4-5-10-20(16)25-13-18(12-22(25)28)23(29)30-14-21(27)24-19-9-6-8-17(11-19)15(2)26/h4-11,18H,3,12-14H2,1-2H3,(H,24,27)/t18-/m0/s1. The summed E-state index contributed by atoms with van der Waals surface area (Å²) in [5.41, 5.74) is 2.76. The molecule has 3 rings (SSSR count). The molecule has 0 radical (unpaired) electrons. The normalized spacial score (nSPS) is 15.7. The number of carbonyl (C=O) groups is 4. The van der Waals surface area contributed by atoms with E-state index in [-0.39, 0.29) is 24.7 Å². The Bertz CT molecular complexity index is 985. The third kappa shape index (κ3) is 4.92. The number of carbonyl (C=O) groups excluding carboxylic acids is 4. The average molecular weight is 408 g/mol. The van der Waals surface area contributed by atoms with Crippen molar-refractivity contribution in [2.24, 2.45) is 5.92 Å². The topological polar surface area (TPSA) is 92.8 Å². The van der Waals surface area contributed by atoms with Gasteiger partial charge in [-0.1, -0.05) is 37.3 Å². The SMILES string of the molecule is CCc1ccccc1N1C[C@@H](C(=O)OCC(=O)Nc2cccc(C(C)=O)c2)CC1=O. The van der Waals surface area contributed by atoms with Crippen LogP contribution in [0, 0.1) is 5.92 Å². The van der Waals surface area contributed by atoms with Crippen molar-refractivity contribution in [1.29, 1.82) is 0 Å². The Morgan fingerprint density at radius 1 is 1.13 bits per heavy atom. The van der Waals surface area contributed by atoms with Gasteiger partial charge in [-0.25, -0.2) is 0 Å². The van der Waals surface area contributed by atoms with Gasteiger partial charge in [0.05, 0.1) is 5.92 Å². The predicted molar refractivity (Wildman–Crippen MR) is 112 cm³/mol. The zero-order chi connectivity index (χ0) is 21.7. The molecule has 0 bridgehead atoms. The van der Waals surface area contributed by atoms with E-state index in [2.05, 4.69) is 5.32 Å². The minimum absolute atomic E-state index is 0.0547. The second-order valence-corrected chi connectivity index (χ2v) is 7.18. The molecule has 2 amide bonds. The third-order valence-corrected chi connectivity index (χ3v) is 5.02. The smallest absolute Gasteiger partial charge is 0.311 e. The lowest BCUT2D eigenvalue weighted by Gasteiger charge is -2.19. The third-order valence-electron chi connectivity index (χ3n) is 5.02. The Labute approximate surface area is 175 Å². The summed E-state index contributed by atoms with van der Waals surface area (Å²) < 4.78 is 5.13. The van der Waals surface area contributed by atoms with E-state index in [4.69, 9.17) is 4.74 Å². The van der Waals surface area contributed by atoms with Crippen molar-refractivity contribution >= 4 is 34.9 Å². The van der Waals surface area contributed by atoms with E-state index in [1.807, 2.05) is 31.2 Å². The number of rotatable bonds is 7. The Morgan fingerprint density at radius 3 is 2.63 bits per heavy atom. The van der Waals surface area contributed by atoms with Crippen LogP contribution in [-0.2, 0) is 25.5 Å². The number of anilines is 2. The van der Waals surface area contributed by atoms with E-state index in [0.717, 1.165) is 17.7 Å². The van der Waals surface area contributed by atoms with Gasteiger partial charge in [0.1, 0.15) is 0 Å². The first-order valence-corrected chi connectivity index (χ1v) is 9.84. The van der Waals surface area contributed by atoms with Gasteiger partial charge in [0.15, 0.2) is 12.4 Å². The zero-order valence-electron chi connectivity index (χ0n) is 17.0. The van der Waals surface area contributed by atoms with Crippen molar-refractivity contribution in [2.45, 2.75) is 26.7 Å². The molecule has 0 spiro atoms. The number of amides is 2. The molecule has 0 unspecified atom stereocenters. The second kappa shape index (κ2) is 9.35. The molecular formula is C23H24N2O5. The van der Waals surface area contributed by atoms with Crippen LogP contribution in [0.15, 0.2) is 48.5 Å². The molecule has 0 aliphatic carbocycles. The van der Waals surface area contributed by atoms with E-state index in [9.17, 15) is 19.2 Å². The highest BCUT2D eigenvalue weighted by Crippen LogP contribution is 2.29. The number of hydrogen-bond donors (Lipinski definition) is 1. The number of aryl methyl sites for hydroxylation is 1. The molecule has 1 saturated heterocycles. The molecule has 0 saturated carbocycles. The van der Waals surface area contributed by atoms with Gasteiger partial charge in [0.2, 0.25) is 5.91 Å². The van der Waals surface area contributed by atoms with Crippen LogP contribution in [0.3, 0.4) is 0 Å². The number of esters is 1. The predicted octanol–water partition coefficient (Wildman–Crippen LogP) is 2.99. The van der Waals surface area contributed by atoms with Gasteiger partial charge in [-0.15, -0.1) is 0 Å². The molecule has 7 nitrogen and oxygen atoms in total. The van der Waals surface area contributed by atoms with E-state index in [0.29, 0.717) is 11.3 Å². The summed E-state index contributed by atoms with van der Waals surface area (Å²) in [5.74, 6) is -1.95. The molecule has 2 aromatic rings. The van der Waals surface area contributed by atoms with E-state index in [1.165, 1.54) is 6.92 Å². The van der Waals surface area contributed by atoms with Crippen LogP contribution in [0.2, 0.25) is 0 Å². The molecule has 7 heteroatoms. The largest absolute Gasteiger partial charge is 0.455 e. The minimum Gasteiger partial charge on any atom is -0.455 e. The maximum atomic E-state index is 12.4. The second-order valence-electron chi connectivity index (χ2n) is 7.18. The first kappa shape index (κ1) is 21.2. The maximum Gasteiger partial charge on any atom is 0.311 e. The Balaban J connectivity index is 1.55. The van der Waals surface area contributed by atoms with Crippen molar-refractivity contribution in [1.82, 2.24) is 0 Å². The summed E-state index contributed by atoms with van der Waals surface area (Å²) in [4.78, 5) is 50.0. The number of nitrogens with one attached hydrogen (secondary N) is 1. The highest BCUT2D eigenvalue weighted by Gasteiger charge is 2.37. The van der Waals surface area contributed by atoms with Crippen molar-refractivity contribution in [2.75, 3.05) is 23.4 Å². The zero-order valence-corrected chi connectivity index (χ0v) is 17.0. The van der Waals surface area contributed by atoms with Crippen molar-refractivity contribution < 1.29 is 23.9 Å².